The Hall–Kier alpha value is -2.72. The number of pyridine rings is 1. The number of fused-ring (bicyclic) bond motifs is 2. The van der Waals surface area contributed by atoms with E-state index >= 15 is 0 Å². The molecule has 0 saturated carbocycles. The molecule has 1 aromatic heterocycles. The van der Waals surface area contributed by atoms with Crippen LogP contribution in [0.1, 0.15) is 58.4 Å². The number of carbonyl (C=O) groups excluding carboxylic acids is 1. The summed E-state index contributed by atoms with van der Waals surface area (Å²) in [6, 6.07) is 15.0. The van der Waals surface area contributed by atoms with Gasteiger partial charge in [-0.05, 0) is 54.0 Å². The highest BCUT2D eigenvalue weighted by Gasteiger charge is 2.20. The first-order chi connectivity index (χ1) is 16.0. The predicted molar refractivity (Wildman–Crippen MR) is 138 cm³/mol. The maximum atomic E-state index is 12.7. The fourth-order valence-corrected chi connectivity index (χ4v) is 5.06. The number of hydrogen-bond acceptors (Lipinski definition) is 3. The summed E-state index contributed by atoms with van der Waals surface area (Å²) in [6.07, 6.45) is 9.89. The Labute approximate surface area is 198 Å². The standard InChI is InChI=1S/C29H37N3O/c1-22(2)20-31-15-9-5-4-6-10-16-32(23(3)33)29-14-13-24(17-26(29)21-31)28-19-30-18-25-11-7-8-12-27(25)28/h7-8,11-14,17-19,22H,4-6,9-10,15-16,20-21H2,1-3H3. The van der Waals surface area contributed by atoms with Gasteiger partial charge in [0.25, 0.3) is 0 Å². The van der Waals surface area contributed by atoms with Crippen LogP contribution < -0.4 is 4.90 Å². The van der Waals surface area contributed by atoms with Crippen LogP contribution in [0.3, 0.4) is 0 Å². The monoisotopic (exact) mass is 443 g/mol. The van der Waals surface area contributed by atoms with E-state index in [-0.39, 0.29) is 5.91 Å². The van der Waals surface area contributed by atoms with Crippen molar-refractivity contribution in [2.45, 2.75) is 59.4 Å². The Morgan fingerprint density at radius 2 is 1.73 bits per heavy atom. The Balaban J connectivity index is 1.80. The van der Waals surface area contributed by atoms with E-state index in [1.54, 1.807) is 6.92 Å². The highest BCUT2D eigenvalue weighted by Crippen LogP contribution is 2.33. The zero-order valence-electron chi connectivity index (χ0n) is 20.4. The SMILES string of the molecule is CC(=O)N1CCCCCCCN(CC(C)C)Cc2cc(-c3cncc4ccccc34)ccc21. The van der Waals surface area contributed by atoms with Crippen LogP contribution in [0.5, 0.6) is 0 Å². The molecule has 0 saturated heterocycles. The average Bonchev–Trinajstić information content (AvgIpc) is 2.79. The molecule has 2 aromatic carbocycles. The molecular formula is C29H37N3O. The Kier molecular flexibility index (Phi) is 7.77. The molecule has 0 fully saturated rings. The van der Waals surface area contributed by atoms with Crippen molar-refractivity contribution in [2.75, 3.05) is 24.5 Å². The van der Waals surface area contributed by atoms with Gasteiger partial charge in [0, 0.05) is 55.6 Å². The van der Waals surface area contributed by atoms with Crippen molar-refractivity contribution >= 4 is 22.4 Å². The highest BCUT2D eigenvalue weighted by molar-refractivity contribution is 5.97. The lowest BCUT2D eigenvalue weighted by atomic mass is 9.97. The van der Waals surface area contributed by atoms with Crippen molar-refractivity contribution in [3.8, 4) is 11.1 Å². The van der Waals surface area contributed by atoms with Gasteiger partial charge in [-0.3, -0.25) is 14.7 Å². The average molecular weight is 444 g/mol. The molecule has 4 nitrogen and oxygen atoms in total. The summed E-state index contributed by atoms with van der Waals surface area (Å²) in [6.45, 7) is 10.1. The molecule has 33 heavy (non-hydrogen) atoms. The second-order valence-electron chi connectivity index (χ2n) is 9.82. The minimum Gasteiger partial charge on any atom is -0.312 e. The van der Waals surface area contributed by atoms with Crippen LogP contribution in [-0.4, -0.2) is 35.4 Å². The summed E-state index contributed by atoms with van der Waals surface area (Å²) >= 11 is 0. The number of rotatable bonds is 3. The molecule has 0 bridgehead atoms. The van der Waals surface area contributed by atoms with E-state index in [1.807, 2.05) is 17.3 Å². The molecule has 0 atom stereocenters. The van der Waals surface area contributed by atoms with E-state index in [2.05, 4.69) is 66.2 Å². The first kappa shape index (κ1) is 23.4. The van der Waals surface area contributed by atoms with Gasteiger partial charge in [0.1, 0.15) is 0 Å². The van der Waals surface area contributed by atoms with Crippen molar-refractivity contribution in [1.82, 2.24) is 9.88 Å². The lowest BCUT2D eigenvalue weighted by molar-refractivity contribution is -0.116. The number of carbonyl (C=O) groups is 1. The maximum Gasteiger partial charge on any atom is 0.223 e. The number of amides is 1. The summed E-state index contributed by atoms with van der Waals surface area (Å²) in [7, 11) is 0. The van der Waals surface area contributed by atoms with Gasteiger partial charge in [-0.1, -0.05) is 63.4 Å². The molecule has 0 aliphatic carbocycles. The molecule has 0 radical (unpaired) electrons. The van der Waals surface area contributed by atoms with Gasteiger partial charge in [-0.15, -0.1) is 0 Å². The number of hydrogen-bond donors (Lipinski definition) is 0. The molecule has 0 unspecified atom stereocenters. The first-order valence-corrected chi connectivity index (χ1v) is 12.5. The summed E-state index contributed by atoms with van der Waals surface area (Å²) in [5.41, 5.74) is 4.61. The van der Waals surface area contributed by atoms with Gasteiger partial charge < -0.3 is 4.90 Å². The second-order valence-corrected chi connectivity index (χ2v) is 9.82. The highest BCUT2D eigenvalue weighted by atomic mass is 16.2. The number of benzene rings is 2. The lowest BCUT2D eigenvalue weighted by Crippen LogP contribution is -2.33. The van der Waals surface area contributed by atoms with E-state index in [4.69, 9.17) is 0 Å². The normalized spacial score (nSPS) is 16.3. The van der Waals surface area contributed by atoms with Crippen molar-refractivity contribution in [2.24, 2.45) is 5.92 Å². The summed E-state index contributed by atoms with van der Waals surface area (Å²) < 4.78 is 0. The molecule has 3 aromatic rings. The molecule has 1 aliphatic rings. The Morgan fingerprint density at radius 1 is 0.970 bits per heavy atom. The van der Waals surface area contributed by atoms with Crippen molar-refractivity contribution in [3.05, 3.63) is 60.4 Å². The smallest absolute Gasteiger partial charge is 0.223 e. The molecule has 4 rings (SSSR count). The van der Waals surface area contributed by atoms with Crippen LogP contribution in [0.25, 0.3) is 21.9 Å². The minimum absolute atomic E-state index is 0.128. The van der Waals surface area contributed by atoms with Gasteiger partial charge in [-0.25, -0.2) is 0 Å². The van der Waals surface area contributed by atoms with Crippen molar-refractivity contribution in [3.63, 3.8) is 0 Å². The second kappa shape index (κ2) is 10.9. The van der Waals surface area contributed by atoms with E-state index in [9.17, 15) is 4.79 Å². The molecule has 0 N–H and O–H groups in total. The van der Waals surface area contributed by atoms with Gasteiger partial charge in [0.15, 0.2) is 0 Å². The molecule has 1 aliphatic heterocycles. The van der Waals surface area contributed by atoms with E-state index < -0.39 is 0 Å². The van der Waals surface area contributed by atoms with E-state index in [0.717, 1.165) is 54.8 Å². The molecule has 0 spiro atoms. The number of aromatic nitrogens is 1. The van der Waals surface area contributed by atoms with Crippen LogP contribution >= 0.6 is 0 Å². The third-order valence-corrected chi connectivity index (χ3v) is 6.60. The predicted octanol–water partition coefficient (Wildman–Crippen LogP) is 6.68. The number of nitrogens with zero attached hydrogens (tertiary/aromatic N) is 3. The zero-order valence-corrected chi connectivity index (χ0v) is 20.4. The largest absolute Gasteiger partial charge is 0.312 e. The molecule has 174 valence electrons. The van der Waals surface area contributed by atoms with E-state index in [0.29, 0.717) is 5.92 Å². The topological polar surface area (TPSA) is 36.4 Å². The molecule has 1 amide bonds. The quantitative estimate of drug-likeness (QED) is 0.453. The van der Waals surface area contributed by atoms with Gasteiger partial charge in [-0.2, -0.15) is 0 Å². The third kappa shape index (κ3) is 5.80. The van der Waals surface area contributed by atoms with Gasteiger partial charge >= 0.3 is 0 Å². The first-order valence-electron chi connectivity index (χ1n) is 12.5. The molecular weight excluding hydrogens is 406 g/mol. The summed E-state index contributed by atoms with van der Waals surface area (Å²) in [5, 5.41) is 2.36. The summed E-state index contributed by atoms with van der Waals surface area (Å²) in [4.78, 5) is 21.8. The van der Waals surface area contributed by atoms with Crippen LogP contribution in [0.2, 0.25) is 0 Å². The van der Waals surface area contributed by atoms with Crippen LogP contribution in [0.15, 0.2) is 54.9 Å². The van der Waals surface area contributed by atoms with Gasteiger partial charge in [0.2, 0.25) is 5.91 Å². The lowest BCUT2D eigenvalue weighted by Gasteiger charge is -2.30. The third-order valence-electron chi connectivity index (χ3n) is 6.60. The zero-order chi connectivity index (χ0) is 23.2. The molecule has 4 heteroatoms. The Morgan fingerprint density at radius 3 is 2.52 bits per heavy atom. The van der Waals surface area contributed by atoms with Crippen molar-refractivity contribution in [1.29, 1.82) is 0 Å². The minimum atomic E-state index is 0.128. The Bertz CT molecular complexity index is 1090. The number of anilines is 1. The molecule has 2 heterocycles. The maximum absolute atomic E-state index is 12.7. The fourth-order valence-electron chi connectivity index (χ4n) is 5.06. The van der Waals surface area contributed by atoms with Crippen LogP contribution in [0.4, 0.5) is 5.69 Å². The van der Waals surface area contributed by atoms with Crippen molar-refractivity contribution < 1.29 is 4.79 Å². The van der Waals surface area contributed by atoms with Crippen LogP contribution in [0, 0.1) is 5.92 Å². The van der Waals surface area contributed by atoms with Gasteiger partial charge in [0.05, 0.1) is 0 Å². The summed E-state index contributed by atoms with van der Waals surface area (Å²) in [5.74, 6) is 0.735. The van der Waals surface area contributed by atoms with Crippen LogP contribution in [-0.2, 0) is 11.3 Å². The fraction of sp³-hybridized carbons (Fsp3) is 0.448. The van der Waals surface area contributed by atoms with E-state index in [1.165, 1.54) is 36.6 Å².